The standard InChI is InChI=1S/C15H18N2O2S/c1-9-10-6-4-5-7-11(10)20-12(9)13(18)17-8-15(2,3)14(16)19/h4-7H,8H2,1-3H3,(H2,16,19)(H,17,18). The molecule has 0 saturated carbocycles. The molecule has 2 rings (SSSR count). The summed E-state index contributed by atoms with van der Waals surface area (Å²) in [6.45, 7) is 5.60. The number of hydrogen-bond acceptors (Lipinski definition) is 3. The molecule has 0 bridgehead atoms. The van der Waals surface area contributed by atoms with E-state index in [2.05, 4.69) is 5.32 Å². The SMILES string of the molecule is Cc1c(C(=O)NCC(C)(C)C(N)=O)sc2ccccc12. The number of primary amides is 1. The molecule has 4 nitrogen and oxygen atoms in total. The number of nitrogens with one attached hydrogen (secondary N) is 1. The molecule has 0 aliphatic carbocycles. The smallest absolute Gasteiger partial charge is 0.261 e. The lowest BCUT2D eigenvalue weighted by Crippen LogP contribution is -2.42. The second-order valence-electron chi connectivity index (χ2n) is 5.48. The zero-order chi connectivity index (χ0) is 14.9. The van der Waals surface area contributed by atoms with E-state index in [-0.39, 0.29) is 12.5 Å². The first-order chi connectivity index (χ1) is 9.33. The van der Waals surface area contributed by atoms with Crippen LogP contribution in [0.2, 0.25) is 0 Å². The number of carbonyl (C=O) groups excluding carboxylic acids is 2. The summed E-state index contributed by atoms with van der Waals surface area (Å²) in [6.07, 6.45) is 0. The highest BCUT2D eigenvalue weighted by Gasteiger charge is 2.26. The van der Waals surface area contributed by atoms with E-state index in [0.717, 1.165) is 15.6 Å². The molecular weight excluding hydrogens is 272 g/mol. The van der Waals surface area contributed by atoms with Crippen molar-refractivity contribution in [1.29, 1.82) is 0 Å². The first-order valence-electron chi connectivity index (χ1n) is 6.39. The summed E-state index contributed by atoms with van der Waals surface area (Å²) in [7, 11) is 0. The van der Waals surface area contributed by atoms with Crippen molar-refractivity contribution >= 4 is 33.2 Å². The number of nitrogens with two attached hydrogens (primary N) is 1. The molecule has 1 aromatic carbocycles. The summed E-state index contributed by atoms with van der Waals surface area (Å²) in [5, 5.41) is 3.89. The van der Waals surface area contributed by atoms with Crippen molar-refractivity contribution in [2.24, 2.45) is 11.1 Å². The van der Waals surface area contributed by atoms with Crippen molar-refractivity contribution in [2.75, 3.05) is 6.54 Å². The summed E-state index contributed by atoms with van der Waals surface area (Å²) >= 11 is 1.46. The number of carbonyl (C=O) groups is 2. The molecule has 3 N–H and O–H groups in total. The van der Waals surface area contributed by atoms with Gasteiger partial charge in [0.25, 0.3) is 5.91 Å². The third kappa shape index (κ3) is 2.67. The average Bonchev–Trinajstić information content (AvgIpc) is 2.74. The summed E-state index contributed by atoms with van der Waals surface area (Å²) in [5.74, 6) is -0.580. The lowest BCUT2D eigenvalue weighted by molar-refractivity contribution is -0.125. The molecule has 2 amide bonds. The fourth-order valence-electron chi connectivity index (χ4n) is 1.86. The van der Waals surface area contributed by atoms with Crippen molar-refractivity contribution in [2.45, 2.75) is 20.8 Å². The first kappa shape index (κ1) is 14.5. The minimum atomic E-state index is -0.750. The Morgan fingerprint density at radius 1 is 1.30 bits per heavy atom. The second-order valence-corrected chi connectivity index (χ2v) is 6.54. The molecular formula is C15H18N2O2S. The lowest BCUT2D eigenvalue weighted by Gasteiger charge is -2.20. The van der Waals surface area contributed by atoms with Crippen LogP contribution in [0.5, 0.6) is 0 Å². The van der Waals surface area contributed by atoms with Crippen molar-refractivity contribution in [1.82, 2.24) is 5.32 Å². The average molecular weight is 290 g/mol. The minimum absolute atomic E-state index is 0.155. The number of amides is 2. The van der Waals surface area contributed by atoms with E-state index >= 15 is 0 Å². The Labute approximate surface area is 122 Å². The van der Waals surface area contributed by atoms with E-state index < -0.39 is 11.3 Å². The van der Waals surface area contributed by atoms with Crippen LogP contribution in [0.25, 0.3) is 10.1 Å². The molecule has 5 heteroatoms. The highest BCUT2D eigenvalue weighted by Crippen LogP contribution is 2.30. The van der Waals surface area contributed by atoms with E-state index in [0.29, 0.717) is 4.88 Å². The topological polar surface area (TPSA) is 72.2 Å². The summed E-state index contributed by atoms with van der Waals surface area (Å²) in [5.41, 5.74) is 5.52. The van der Waals surface area contributed by atoms with Gasteiger partial charge in [-0.2, -0.15) is 0 Å². The largest absolute Gasteiger partial charge is 0.369 e. The van der Waals surface area contributed by atoms with Crippen LogP contribution >= 0.6 is 11.3 Å². The quantitative estimate of drug-likeness (QED) is 0.908. The van der Waals surface area contributed by atoms with Crippen LogP contribution in [-0.2, 0) is 4.79 Å². The summed E-state index contributed by atoms with van der Waals surface area (Å²) in [4.78, 5) is 24.2. The number of benzene rings is 1. The van der Waals surface area contributed by atoms with Gasteiger partial charge >= 0.3 is 0 Å². The van der Waals surface area contributed by atoms with E-state index in [4.69, 9.17) is 5.73 Å². The number of rotatable bonds is 4. The molecule has 0 aliphatic heterocycles. The van der Waals surface area contributed by atoms with E-state index in [1.165, 1.54) is 11.3 Å². The van der Waals surface area contributed by atoms with E-state index in [1.54, 1.807) is 13.8 Å². The molecule has 0 fully saturated rings. The molecule has 1 heterocycles. The van der Waals surface area contributed by atoms with Crippen molar-refractivity contribution in [3.63, 3.8) is 0 Å². The third-order valence-corrected chi connectivity index (χ3v) is 4.68. The van der Waals surface area contributed by atoms with Gasteiger partial charge < -0.3 is 11.1 Å². The van der Waals surface area contributed by atoms with Crippen molar-refractivity contribution < 1.29 is 9.59 Å². The molecule has 20 heavy (non-hydrogen) atoms. The second kappa shape index (κ2) is 5.25. The Kier molecular flexibility index (Phi) is 3.81. The molecule has 0 unspecified atom stereocenters. The Morgan fingerprint density at radius 2 is 1.95 bits per heavy atom. The van der Waals surface area contributed by atoms with Crippen molar-refractivity contribution in [3.05, 3.63) is 34.7 Å². The van der Waals surface area contributed by atoms with Crippen LogP contribution in [-0.4, -0.2) is 18.4 Å². The number of aryl methyl sites for hydroxylation is 1. The number of hydrogen-bond donors (Lipinski definition) is 2. The van der Waals surface area contributed by atoms with Crippen LogP contribution < -0.4 is 11.1 Å². The van der Waals surface area contributed by atoms with Gasteiger partial charge in [-0.25, -0.2) is 0 Å². The van der Waals surface area contributed by atoms with Gasteiger partial charge in [0.05, 0.1) is 10.3 Å². The fraction of sp³-hybridized carbons (Fsp3) is 0.333. The molecule has 0 spiro atoms. The lowest BCUT2D eigenvalue weighted by atomic mass is 9.93. The maximum Gasteiger partial charge on any atom is 0.261 e. The Hall–Kier alpha value is -1.88. The number of fused-ring (bicyclic) bond motifs is 1. The van der Waals surface area contributed by atoms with Crippen LogP contribution in [0.1, 0.15) is 29.1 Å². The van der Waals surface area contributed by atoms with Gasteiger partial charge in [0.1, 0.15) is 0 Å². The van der Waals surface area contributed by atoms with Gasteiger partial charge in [-0.1, -0.05) is 18.2 Å². The van der Waals surface area contributed by atoms with Gasteiger partial charge in [-0.15, -0.1) is 11.3 Å². The zero-order valence-electron chi connectivity index (χ0n) is 11.8. The third-order valence-electron chi connectivity index (χ3n) is 3.41. The maximum absolute atomic E-state index is 12.3. The molecule has 0 saturated heterocycles. The van der Waals surface area contributed by atoms with E-state index in [1.807, 2.05) is 31.2 Å². The highest BCUT2D eigenvalue weighted by atomic mass is 32.1. The fourth-order valence-corrected chi connectivity index (χ4v) is 2.99. The van der Waals surface area contributed by atoms with Gasteiger partial charge in [0.2, 0.25) is 5.91 Å². The molecule has 0 radical (unpaired) electrons. The van der Waals surface area contributed by atoms with Crippen LogP contribution in [0.4, 0.5) is 0 Å². The minimum Gasteiger partial charge on any atom is -0.369 e. The summed E-state index contributed by atoms with van der Waals surface area (Å²) < 4.78 is 1.09. The predicted molar refractivity (Wildman–Crippen MR) is 81.9 cm³/mol. The Balaban J connectivity index is 2.20. The van der Waals surface area contributed by atoms with E-state index in [9.17, 15) is 9.59 Å². The van der Waals surface area contributed by atoms with Gasteiger partial charge in [-0.05, 0) is 37.8 Å². The van der Waals surface area contributed by atoms with Gasteiger partial charge in [-0.3, -0.25) is 9.59 Å². The Bertz CT molecular complexity index is 674. The molecule has 0 aliphatic rings. The van der Waals surface area contributed by atoms with Crippen LogP contribution in [0.15, 0.2) is 24.3 Å². The number of thiophene rings is 1. The highest BCUT2D eigenvalue weighted by molar-refractivity contribution is 7.21. The molecule has 1 aromatic heterocycles. The first-order valence-corrected chi connectivity index (χ1v) is 7.21. The molecule has 2 aromatic rings. The summed E-state index contributed by atoms with van der Waals surface area (Å²) in [6, 6.07) is 7.92. The van der Waals surface area contributed by atoms with Gasteiger partial charge in [0, 0.05) is 11.2 Å². The Morgan fingerprint density at radius 3 is 2.55 bits per heavy atom. The van der Waals surface area contributed by atoms with Crippen LogP contribution in [0.3, 0.4) is 0 Å². The van der Waals surface area contributed by atoms with Crippen LogP contribution in [0, 0.1) is 12.3 Å². The van der Waals surface area contributed by atoms with Gasteiger partial charge in [0.15, 0.2) is 0 Å². The maximum atomic E-state index is 12.3. The molecule has 0 atom stereocenters. The normalized spacial score (nSPS) is 11.6. The van der Waals surface area contributed by atoms with Crippen molar-refractivity contribution in [3.8, 4) is 0 Å². The monoisotopic (exact) mass is 290 g/mol. The molecule has 106 valence electrons. The predicted octanol–water partition coefficient (Wildman–Crippen LogP) is 2.45. The zero-order valence-corrected chi connectivity index (χ0v) is 12.6.